The van der Waals surface area contributed by atoms with Gasteiger partial charge in [-0.3, -0.25) is 9.59 Å². The Hall–Kier alpha value is -4.42. The smallest absolute Gasteiger partial charge is 0.449 e. The van der Waals surface area contributed by atoms with Crippen molar-refractivity contribution in [2.45, 2.75) is 25.6 Å². The Morgan fingerprint density at radius 2 is 1.76 bits per heavy atom. The molecule has 0 saturated heterocycles. The van der Waals surface area contributed by atoms with Crippen molar-refractivity contribution in [1.82, 2.24) is 30.3 Å². The van der Waals surface area contributed by atoms with Gasteiger partial charge in [0.05, 0.1) is 24.7 Å². The number of aryl methyl sites for hydroxylation is 1. The zero-order valence-electron chi connectivity index (χ0n) is 19.7. The van der Waals surface area contributed by atoms with E-state index in [2.05, 4.69) is 25.8 Å². The third kappa shape index (κ3) is 6.42. The molecule has 0 radical (unpaired) electrons. The molecule has 2 N–H and O–H groups in total. The van der Waals surface area contributed by atoms with Crippen LogP contribution in [0.1, 0.15) is 34.3 Å². The van der Waals surface area contributed by atoms with Crippen LogP contribution in [0.2, 0.25) is 0 Å². The second kappa shape index (κ2) is 11.1. The van der Waals surface area contributed by atoms with E-state index in [1.54, 1.807) is 19.2 Å². The maximum Gasteiger partial charge on any atom is 0.449 e. The third-order valence-electron chi connectivity index (χ3n) is 5.40. The van der Waals surface area contributed by atoms with E-state index in [4.69, 9.17) is 9.26 Å². The topological polar surface area (TPSA) is 124 Å². The summed E-state index contributed by atoms with van der Waals surface area (Å²) in [6, 6.07) is 13.5. The highest BCUT2D eigenvalue weighted by atomic mass is 19.4. The number of alkyl halides is 3. The maximum atomic E-state index is 13.5. The molecule has 2 amide bonds. The van der Waals surface area contributed by atoms with Crippen LogP contribution in [0.5, 0.6) is 5.75 Å². The Morgan fingerprint density at radius 1 is 1.03 bits per heavy atom. The number of nitrogens with one attached hydrogen (secondary N) is 2. The van der Waals surface area contributed by atoms with Crippen LogP contribution in [-0.4, -0.2) is 51.7 Å². The minimum absolute atomic E-state index is 0.0925. The van der Waals surface area contributed by atoms with E-state index in [9.17, 15) is 22.8 Å². The molecule has 2 aromatic carbocycles. The highest BCUT2D eigenvalue weighted by Gasteiger charge is 2.38. The Bertz CT molecular complexity index is 1380. The summed E-state index contributed by atoms with van der Waals surface area (Å²) in [5.74, 6) is -1.79. The molecule has 37 heavy (non-hydrogen) atoms. The van der Waals surface area contributed by atoms with Gasteiger partial charge in [0.25, 0.3) is 0 Å². The van der Waals surface area contributed by atoms with Crippen LogP contribution < -0.4 is 15.4 Å². The van der Waals surface area contributed by atoms with Crippen LogP contribution >= 0.6 is 0 Å². The molecule has 0 atom stereocenters. The number of benzene rings is 2. The van der Waals surface area contributed by atoms with Crippen molar-refractivity contribution in [1.29, 1.82) is 0 Å². The normalized spacial score (nSPS) is 11.5. The van der Waals surface area contributed by atoms with Gasteiger partial charge < -0.3 is 24.5 Å². The number of halogens is 3. The van der Waals surface area contributed by atoms with Gasteiger partial charge >= 0.3 is 18.0 Å². The minimum atomic E-state index is -4.69. The number of amides is 2. The Morgan fingerprint density at radius 3 is 2.49 bits per heavy atom. The average Bonchev–Trinajstić information content (AvgIpc) is 3.51. The highest BCUT2D eigenvalue weighted by molar-refractivity contribution is 5.89. The number of rotatable bonds is 10. The van der Waals surface area contributed by atoms with Crippen LogP contribution in [0, 0.1) is 0 Å². The number of nitrogens with zero attached hydrogens (tertiary/aromatic N) is 4. The van der Waals surface area contributed by atoms with Crippen LogP contribution in [0.25, 0.3) is 11.0 Å². The van der Waals surface area contributed by atoms with Gasteiger partial charge in [-0.15, -0.1) is 0 Å². The quantitative estimate of drug-likeness (QED) is 0.311. The lowest BCUT2D eigenvalue weighted by atomic mass is 10.1. The molecule has 13 heteroatoms. The third-order valence-corrected chi connectivity index (χ3v) is 5.40. The van der Waals surface area contributed by atoms with Crippen molar-refractivity contribution in [3.8, 4) is 5.75 Å². The van der Waals surface area contributed by atoms with Gasteiger partial charge in [-0.05, 0) is 36.2 Å². The number of imidazole rings is 1. The molecule has 0 aliphatic carbocycles. The molecule has 0 aliphatic rings. The van der Waals surface area contributed by atoms with E-state index < -0.39 is 30.3 Å². The number of hydrogen-bond acceptors (Lipinski definition) is 7. The van der Waals surface area contributed by atoms with Crippen molar-refractivity contribution in [2.24, 2.45) is 0 Å². The number of para-hydroxylation sites is 2. The molecule has 0 aliphatic heterocycles. The summed E-state index contributed by atoms with van der Waals surface area (Å²) in [4.78, 5) is 31.9. The van der Waals surface area contributed by atoms with E-state index in [1.165, 1.54) is 12.1 Å². The zero-order valence-corrected chi connectivity index (χ0v) is 19.7. The zero-order chi connectivity index (χ0) is 26.4. The first-order valence-corrected chi connectivity index (χ1v) is 11.3. The first-order valence-electron chi connectivity index (χ1n) is 11.3. The Labute approximate surface area is 208 Å². The Kier molecular flexibility index (Phi) is 7.70. The standard InChI is InChI=1S/C24H23F3N6O4/c1-36-16-9-6-15(7-10-16)8-11-20(34)28-12-13-29-21(35)22-31-19(32-37-22)14-33-18-5-3-2-4-17(18)30-23(33)24(25,26)27/h2-7,9-10H,8,11-14H2,1H3,(H,28,34)(H,29,35). The van der Waals surface area contributed by atoms with Crippen LogP contribution in [0.15, 0.2) is 53.1 Å². The molecule has 2 heterocycles. The van der Waals surface area contributed by atoms with Gasteiger partial charge in [-0.2, -0.15) is 18.2 Å². The van der Waals surface area contributed by atoms with Gasteiger partial charge in [0.2, 0.25) is 11.7 Å². The van der Waals surface area contributed by atoms with Crippen LogP contribution in [-0.2, 0) is 23.9 Å². The van der Waals surface area contributed by atoms with Crippen molar-refractivity contribution in [3.05, 3.63) is 71.6 Å². The van der Waals surface area contributed by atoms with E-state index >= 15 is 0 Å². The van der Waals surface area contributed by atoms with Crippen LogP contribution in [0.4, 0.5) is 13.2 Å². The summed E-state index contributed by atoms with van der Waals surface area (Å²) in [7, 11) is 1.58. The molecule has 0 fully saturated rings. The lowest BCUT2D eigenvalue weighted by Crippen LogP contribution is -2.34. The lowest BCUT2D eigenvalue weighted by molar-refractivity contribution is -0.146. The molecule has 0 unspecified atom stereocenters. The van der Waals surface area contributed by atoms with Crippen molar-refractivity contribution >= 4 is 22.8 Å². The molecule has 4 aromatic rings. The summed E-state index contributed by atoms with van der Waals surface area (Å²) in [6.45, 7) is -0.129. The molecule has 0 spiro atoms. The van der Waals surface area contributed by atoms with E-state index in [0.29, 0.717) is 6.42 Å². The maximum absolute atomic E-state index is 13.5. The summed E-state index contributed by atoms with van der Waals surface area (Å²) in [6.07, 6.45) is -3.87. The number of carbonyl (C=O) groups is 2. The predicted octanol–water partition coefficient (Wildman–Crippen LogP) is 2.97. The summed E-state index contributed by atoms with van der Waals surface area (Å²) < 4.78 is 51.3. The molecular weight excluding hydrogens is 493 g/mol. The Balaban J connectivity index is 1.26. The lowest BCUT2D eigenvalue weighted by Gasteiger charge is -2.09. The fourth-order valence-corrected chi connectivity index (χ4v) is 3.60. The molecule has 2 aromatic heterocycles. The summed E-state index contributed by atoms with van der Waals surface area (Å²) in [5, 5.41) is 8.83. The molecule has 0 bridgehead atoms. The van der Waals surface area contributed by atoms with E-state index in [0.717, 1.165) is 15.9 Å². The largest absolute Gasteiger partial charge is 0.497 e. The van der Waals surface area contributed by atoms with Gasteiger partial charge in [-0.25, -0.2) is 4.98 Å². The van der Waals surface area contributed by atoms with Gasteiger partial charge in [0.1, 0.15) is 5.75 Å². The number of aromatic nitrogens is 4. The average molecular weight is 516 g/mol. The van der Waals surface area contributed by atoms with Crippen molar-refractivity contribution < 1.29 is 32.0 Å². The first-order chi connectivity index (χ1) is 17.7. The van der Waals surface area contributed by atoms with Crippen molar-refractivity contribution in [3.63, 3.8) is 0 Å². The van der Waals surface area contributed by atoms with E-state index in [-0.39, 0.29) is 42.3 Å². The number of carbonyl (C=O) groups excluding carboxylic acids is 2. The number of ether oxygens (including phenoxy) is 1. The van der Waals surface area contributed by atoms with E-state index in [1.807, 2.05) is 24.3 Å². The van der Waals surface area contributed by atoms with Gasteiger partial charge in [0.15, 0.2) is 5.82 Å². The number of hydrogen-bond donors (Lipinski definition) is 2. The number of fused-ring (bicyclic) bond motifs is 1. The van der Waals surface area contributed by atoms with Gasteiger partial charge in [0, 0.05) is 19.5 Å². The molecular formula is C24H23F3N6O4. The SMILES string of the molecule is COc1ccc(CCC(=O)NCCNC(=O)c2nc(Cn3c(C(F)(F)F)nc4ccccc43)no2)cc1. The highest BCUT2D eigenvalue weighted by Crippen LogP contribution is 2.31. The second-order valence-corrected chi connectivity index (χ2v) is 7.98. The minimum Gasteiger partial charge on any atom is -0.497 e. The van der Waals surface area contributed by atoms with Crippen LogP contribution in [0.3, 0.4) is 0 Å². The fraction of sp³-hybridized carbons (Fsp3) is 0.292. The number of methoxy groups -OCH3 is 1. The molecule has 10 nitrogen and oxygen atoms in total. The predicted molar refractivity (Wildman–Crippen MR) is 125 cm³/mol. The second-order valence-electron chi connectivity index (χ2n) is 7.98. The summed E-state index contributed by atoms with van der Waals surface area (Å²) in [5.41, 5.74) is 1.40. The monoisotopic (exact) mass is 516 g/mol. The molecule has 0 saturated carbocycles. The molecule has 194 valence electrons. The van der Waals surface area contributed by atoms with Crippen molar-refractivity contribution in [2.75, 3.05) is 20.2 Å². The molecule has 4 rings (SSSR count). The summed E-state index contributed by atoms with van der Waals surface area (Å²) >= 11 is 0. The first kappa shape index (κ1) is 25.7. The fourth-order valence-electron chi connectivity index (χ4n) is 3.60. The van der Waals surface area contributed by atoms with Gasteiger partial charge in [-0.1, -0.05) is 29.4 Å².